The second-order valence-electron chi connectivity index (χ2n) is 9.16. The van der Waals surface area contributed by atoms with Gasteiger partial charge in [-0.1, -0.05) is 48.5 Å². The molecule has 222 valence electrons. The Morgan fingerprint density at radius 2 is 0.805 bits per heavy atom. The summed E-state index contributed by atoms with van der Waals surface area (Å²) < 4.78 is 46.3. The molecule has 0 spiro atoms. The van der Waals surface area contributed by atoms with Gasteiger partial charge in [0.15, 0.2) is 23.0 Å². The van der Waals surface area contributed by atoms with Crippen LogP contribution in [0.5, 0.6) is 23.0 Å². The number of rotatable bonds is 4. The molecular weight excluding hydrogens is 526 g/mol. The zero-order chi connectivity index (χ0) is 28.2. The van der Waals surface area contributed by atoms with Crippen molar-refractivity contribution in [3.8, 4) is 23.0 Å². The van der Waals surface area contributed by atoms with Gasteiger partial charge in [-0.3, -0.25) is 0 Å². The highest BCUT2D eigenvalue weighted by Gasteiger charge is 2.09. The molecule has 0 aliphatic carbocycles. The van der Waals surface area contributed by atoms with Gasteiger partial charge in [-0.2, -0.15) is 0 Å². The predicted octanol–water partition coefficient (Wildman–Crippen LogP) is 4.27. The van der Waals surface area contributed by atoms with Crippen LogP contribution >= 0.6 is 0 Å². The molecule has 0 fully saturated rings. The maximum absolute atomic E-state index is 6.05. The third-order valence-electron chi connectivity index (χ3n) is 6.04. The summed E-state index contributed by atoms with van der Waals surface area (Å²) in [5, 5.41) is 3.48. The summed E-state index contributed by atoms with van der Waals surface area (Å²) in [5.74, 6) is 2.71. The molecule has 0 amide bonds. The van der Waals surface area contributed by atoms with E-state index in [9.17, 15) is 0 Å². The second kappa shape index (κ2) is 18.9. The second-order valence-corrected chi connectivity index (χ2v) is 9.16. The Labute approximate surface area is 242 Å². The lowest BCUT2D eigenvalue weighted by Crippen LogP contribution is -2.16. The molecule has 0 saturated heterocycles. The van der Waals surface area contributed by atoms with Crippen molar-refractivity contribution in [3.05, 3.63) is 83.9 Å². The van der Waals surface area contributed by atoms with Gasteiger partial charge in [0.1, 0.15) is 26.4 Å². The minimum absolute atomic E-state index is 0.394. The lowest BCUT2D eigenvalue weighted by Gasteiger charge is -2.15. The molecule has 3 aromatic carbocycles. The van der Waals surface area contributed by atoms with Crippen molar-refractivity contribution in [1.82, 2.24) is 5.32 Å². The minimum Gasteiger partial charge on any atom is -0.487 e. The first-order valence-electron chi connectivity index (χ1n) is 14.2. The first-order chi connectivity index (χ1) is 20.4. The van der Waals surface area contributed by atoms with Crippen LogP contribution in [0.15, 0.2) is 72.8 Å². The zero-order valence-electron chi connectivity index (χ0n) is 23.6. The van der Waals surface area contributed by atoms with Crippen LogP contribution in [0.25, 0.3) is 0 Å². The monoisotopic (exact) mass is 567 g/mol. The largest absolute Gasteiger partial charge is 0.487 e. The predicted molar refractivity (Wildman–Crippen MR) is 155 cm³/mol. The van der Waals surface area contributed by atoms with E-state index < -0.39 is 0 Å². The van der Waals surface area contributed by atoms with Crippen LogP contribution in [-0.2, 0) is 32.0 Å². The van der Waals surface area contributed by atoms with Crippen LogP contribution < -0.4 is 24.3 Å². The molecule has 1 aliphatic rings. The van der Waals surface area contributed by atoms with Crippen molar-refractivity contribution in [2.24, 2.45) is 0 Å². The van der Waals surface area contributed by atoms with E-state index in [0.717, 1.165) is 12.1 Å². The van der Waals surface area contributed by atoms with Gasteiger partial charge in [0.05, 0.1) is 52.9 Å². The number of hydrogen-bond donors (Lipinski definition) is 1. The Balaban J connectivity index is 1.26. The van der Waals surface area contributed by atoms with Crippen LogP contribution in [0.3, 0.4) is 0 Å². The topological polar surface area (TPSA) is 85.9 Å². The fourth-order valence-corrected chi connectivity index (χ4v) is 4.02. The van der Waals surface area contributed by atoms with Crippen molar-refractivity contribution < 1.29 is 37.9 Å². The maximum Gasteiger partial charge on any atom is 0.161 e. The van der Waals surface area contributed by atoms with E-state index in [1.165, 1.54) is 5.56 Å². The van der Waals surface area contributed by atoms with Crippen LogP contribution in [0.2, 0.25) is 0 Å². The summed E-state index contributed by atoms with van der Waals surface area (Å²) in [6, 6.07) is 23.9. The lowest BCUT2D eigenvalue weighted by molar-refractivity contribution is 0.0223. The van der Waals surface area contributed by atoms with Crippen LogP contribution in [0.1, 0.15) is 11.1 Å². The molecule has 1 aliphatic heterocycles. The molecular formula is C32H41NO8. The Morgan fingerprint density at radius 1 is 0.390 bits per heavy atom. The summed E-state index contributed by atoms with van der Waals surface area (Å²) in [6.45, 7) is 6.76. The van der Waals surface area contributed by atoms with Crippen LogP contribution in [0, 0.1) is 0 Å². The molecule has 1 N–H and O–H groups in total. The molecule has 4 rings (SSSR count). The van der Waals surface area contributed by atoms with E-state index in [1.807, 2.05) is 60.7 Å². The van der Waals surface area contributed by atoms with E-state index >= 15 is 0 Å². The summed E-state index contributed by atoms with van der Waals surface area (Å²) in [7, 11) is 0. The van der Waals surface area contributed by atoms with E-state index in [-0.39, 0.29) is 0 Å². The highest BCUT2D eigenvalue weighted by Crippen LogP contribution is 2.29. The molecule has 1 heterocycles. The van der Waals surface area contributed by atoms with E-state index in [4.69, 9.17) is 37.9 Å². The number of para-hydroxylation sites is 2. The number of benzene rings is 3. The number of hydrogen-bond acceptors (Lipinski definition) is 9. The maximum atomic E-state index is 6.05. The van der Waals surface area contributed by atoms with Crippen molar-refractivity contribution in [2.45, 2.75) is 13.1 Å². The van der Waals surface area contributed by atoms with E-state index in [0.29, 0.717) is 109 Å². The Hall–Kier alpha value is -3.34. The normalized spacial score (nSPS) is 16.8. The van der Waals surface area contributed by atoms with Crippen LogP contribution in [-0.4, -0.2) is 79.3 Å². The molecule has 0 atom stereocenters. The quantitative estimate of drug-likeness (QED) is 0.497. The smallest absolute Gasteiger partial charge is 0.161 e. The van der Waals surface area contributed by atoms with Gasteiger partial charge in [0.2, 0.25) is 0 Å². The Morgan fingerprint density at radius 3 is 1.34 bits per heavy atom. The summed E-state index contributed by atoms with van der Waals surface area (Å²) >= 11 is 0. The molecule has 3 aromatic rings. The standard InChI is InChI=1S/C32H41NO8/c1-2-6-27(7-3-1)25-33-26-28-10-11-31-32(24-28)41-23-19-37-15-14-35-17-21-39-30-9-5-4-8-29(30)38-20-16-34-12-13-36-18-22-40-31/h1-11,24,33H,12-23,25-26H2. The van der Waals surface area contributed by atoms with E-state index in [1.54, 1.807) is 0 Å². The third kappa shape index (κ3) is 12.0. The fourth-order valence-electron chi connectivity index (χ4n) is 4.02. The van der Waals surface area contributed by atoms with Gasteiger partial charge in [-0.25, -0.2) is 0 Å². The number of fused-ring (bicyclic) bond motifs is 2. The average molecular weight is 568 g/mol. The molecule has 0 unspecified atom stereocenters. The summed E-state index contributed by atoms with van der Waals surface area (Å²) in [4.78, 5) is 0. The van der Waals surface area contributed by atoms with Gasteiger partial charge in [-0.05, 0) is 35.4 Å². The van der Waals surface area contributed by atoms with Crippen molar-refractivity contribution >= 4 is 0 Å². The van der Waals surface area contributed by atoms with Crippen LogP contribution in [0.4, 0.5) is 0 Å². The molecule has 9 nitrogen and oxygen atoms in total. The molecule has 9 heteroatoms. The average Bonchev–Trinajstić information content (AvgIpc) is 3.00. The molecule has 0 saturated carbocycles. The summed E-state index contributed by atoms with van der Waals surface area (Å²) in [5.41, 5.74) is 2.35. The highest BCUT2D eigenvalue weighted by molar-refractivity contribution is 5.43. The first-order valence-corrected chi connectivity index (χ1v) is 14.2. The molecule has 0 bridgehead atoms. The van der Waals surface area contributed by atoms with Gasteiger partial charge in [-0.15, -0.1) is 0 Å². The fraction of sp³-hybridized carbons (Fsp3) is 0.438. The lowest BCUT2D eigenvalue weighted by atomic mass is 10.2. The molecule has 0 aromatic heterocycles. The zero-order valence-corrected chi connectivity index (χ0v) is 23.6. The Bertz CT molecular complexity index is 1110. The number of ether oxygens (including phenoxy) is 8. The molecule has 41 heavy (non-hydrogen) atoms. The van der Waals surface area contributed by atoms with Crippen molar-refractivity contribution in [1.29, 1.82) is 0 Å². The minimum atomic E-state index is 0.394. The first kappa shape index (κ1) is 30.6. The third-order valence-corrected chi connectivity index (χ3v) is 6.04. The summed E-state index contributed by atoms with van der Waals surface area (Å²) in [6.07, 6.45) is 0. The van der Waals surface area contributed by atoms with Crippen molar-refractivity contribution in [3.63, 3.8) is 0 Å². The number of nitrogens with one attached hydrogen (secondary N) is 1. The van der Waals surface area contributed by atoms with Gasteiger partial charge in [0.25, 0.3) is 0 Å². The highest BCUT2D eigenvalue weighted by atomic mass is 16.6. The Kier molecular flexibility index (Phi) is 14.1. The van der Waals surface area contributed by atoms with Crippen molar-refractivity contribution in [2.75, 3.05) is 79.3 Å². The molecule has 0 radical (unpaired) electrons. The van der Waals surface area contributed by atoms with Gasteiger partial charge >= 0.3 is 0 Å². The van der Waals surface area contributed by atoms with Gasteiger partial charge < -0.3 is 43.2 Å². The van der Waals surface area contributed by atoms with Gasteiger partial charge in [0, 0.05) is 13.1 Å². The van der Waals surface area contributed by atoms with E-state index in [2.05, 4.69) is 17.4 Å². The SMILES string of the molecule is c1ccc(CNCc2ccc3c(c2)OCCOCCOCCOc2ccccc2OCCOCCOCCO3)cc1.